The minimum Gasteiger partial charge on any atom is -0.443 e. The Kier molecular flexibility index (Phi) is 4.89. The van der Waals surface area contributed by atoms with Gasteiger partial charge in [-0.3, -0.25) is 15.0 Å². The summed E-state index contributed by atoms with van der Waals surface area (Å²) < 4.78 is 7.25. The van der Waals surface area contributed by atoms with Crippen molar-refractivity contribution in [3.8, 4) is 0 Å². The molecule has 1 aliphatic carbocycles. The van der Waals surface area contributed by atoms with Crippen molar-refractivity contribution in [2.45, 2.75) is 51.7 Å². The summed E-state index contributed by atoms with van der Waals surface area (Å²) in [5.74, 6) is 0.949. The molecule has 0 bridgehead atoms. The number of nitrogens with zero attached hydrogens (tertiary/aromatic N) is 5. The van der Waals surface area contributed by atoms with Crippen molar-refractivity contribution in [1.29, 1.82) is 0 Å². The second-order valence-electron chi connectivity index (χ2n) is 8.41. The van der Waals surface area contributed by atoms with Crippen LogP contribution in [0.2, 0.25) is 0 Å². The van der Waals surface area contributed by atoms with Gasteiger partial charge in [-0.25, -0.2) is 9.78 Å². The lowest BCUT2D eigenvalue weighted by Gasteiger charge is -2.27. The summed E-state index contributed by atoms with van der Waals surface area (Å²) in [6, 6.07) is 7.90. The topological polar surface area (TPSA) is 103 Å². The number of carbonyl (C=O) groups is 1. The lowest BCUT2D eigenvalue weighted by Crippen LogP contribution is -2.37. The number of rotatable bonds is 5. The van der Waals surface area contributed by atoms with Crippen molar-refractivity contribution in [1.82, 2.24) is 14.6 Å². The number of carbonyl (C=O) groups excluding carboxylic acids is 1. The molecule has 0 aliphatic heterocycles. The molecule has 0 unspecified atom stereocenters. The van der Waals surface area contributed by atoms with Crippen molar-refractivity contribution < 1.29 is 14.5 Å². The van der Waals surface area contributed by atoms with E-state index in [1.165, 1.54) is 17.0 Å². The molecule has 1 aliphatic rings. The van der Waals surface area contributed by atoms with E-state index in [0.29, 0.717) is 22.9 Å². The number of nitro benzene ring substituents is 1. The number of aromatic nitrogens is 3. The van der Waals surface area contributed by atoms with Gasteiger partial charge in [-0.05, 0) is 51.2 Å². The summed E-state index contributed by atoms with van der Waals surface area (Å²) in [5.41, 5.74) is 1.65. The molecule has 0 spiro atoms. The maximum Gasteiger partial charge on any atom is 0.416 e. The molecule has 1 aromatic carbocycles. The molecule has 9 nitrogen and oxygen atoms in total. The third kappa shape index (κ3) is 4.10. The minimum absolute atomic E-state index is 0.0355. The maximum absolute atomic E-state index is 13.1. The third-order valence-corrected chi connectivity index (χ3v) is 4.78. The van der Waals surface area contributed by atoms with Crippen LogP contribution >= 0.6 is 0 Å². The van der Waals surface area contributed by atoms with Gasteiger partial charge in [-0.15, -0.1) is 0 Å². The number of nitro groups is 1. The van der Waals surface area contributed by atoms with E-state index >= 15 is 0 Å². The average molecular weight is 409 g/mol. The van der Waals surface area contributed by atoms with Crippen LogP contribution in [0.15, 0.2) is 42.7 Å². The molecule has 9 heteroatoms. The highest BCUT2D eigenvalue weighted by molar-refractivity contribution is 5.87. The van der Waals surface area contributed by atoms with Gasteiger partial charge in [0.05, 0.1) is 17.7 Å². The molecule has 30 heavy (non-hydrogen) atoms. The first-order chi connectivity index (χ1) is 14.2. The van der Waals surface area contributed by atoms with Gasteiger partial charge in [0.1, 0.15) is 11.4 Å². The number of non-ortho nitro benzene ring substituents is 1. The summed E-state index contributed by atoms with van der Waals surface area (Å²) in [4.78, 5) is 29.7. The lowest BCUT2D eigenvalue weighted by molar-refractivity contribution is -0.384. The van der Waals surface area contributed by atoms with E-state index in [-0.39, 0.29) is 12.2 Å². The highest BCUT2D eigenvalue weighted by atomic mass is 16.6. The summed E-state index contributed by atoms with van der Waals surface area (Å²) in [7, 11) is 0. The zero-order valence-electron chi connectivity index (χ0n) is 17.1. The molecule has 2 heterocycles. The van der Waals surface area contributed by atoms with Gasteiger partial charge >= 0.3 is 6.09 Å². The number of anilines is 1. The number of ether oxygens (including phenoxy) is 1. The van der Waals surface area contributed by atoms with Crippen molar-refractivity contribution >= 4 is 23.2 Å². The summed E-state index contributed by atoms with van der Waals surface area (Å²) in [5, 5.41) is 15.6. The molecule has 0 N–H and O–H groups in total. The van der Waals surface area contributed by atoms with Crippen LogP contribution in [0.3, 0.4) is 0 Å². The monoisotopic (exact) mass is 409 g/mol. The van der Waals surface area contributed by atoms with Gasteiger partial charge in [0, 0.05) is 23.9 Å². The van der Waals surface area contributed by atoms with Crippen LogP contribution in [0.25, 0.3) is 5.65 Å². The van der Waals surface area contributed by atoms with Crippen LogP contribution in [-0.4, -0.2) is 31.2 Å². The van der Waals surface area contributed by atoms with Crippen LogP contribution in [0.4, 0.5) is 16.3 Å². The Morgan fingerprint density at radius 3 is 2.77 bits per heavy atom. The van der Waals surface area contributed by atoms with E-state index in [1.54, 1.807) is 55.9 Å². The average Bonchev–Trinajstić information content (AvgIpc) is 3.43. The second kappa shape index (κ2) is 7.40. The first kappa shape index (κ1) is 19.8. The van der Waals surface area contributed by atoms with Gasteiger partial charge < -0.3 is 4.74 Å². The summed E-state index contributed by atoms with van der Waals surface area (Å²) >= 11 is 0. The highest BCUT2D eigenvalue weighted by Crippen LogP contribution is 2.42. The van der Waals surface area contributed by atoms with E-state index in [2.05, 4.69) is 10.1 Å². The smallest absolute Gasteiger partial charge is 0.416 e. The van der Waals surface area contributed by atoms with E-state index in [0.717, 1.165) is 18.4 Å². The van der Waals surface area contributed by atoms with Crippen LogP contribution in [0.5, 0.6) is 0 Å². The Morgan fingerprint density at radius 1 is 1.33 bits per heavy atom. The lowest BCUT2D eigenvalue weighted by atomic mass is 10.2. The predicted molar refractivity (Wildman–Crippen MR) is 110 cm³/mol. The zero-order chi connectivity index (χ0) is 21.5. The molecular formula is C21H23N5O4. The summed E-state index contributed by atoms with van der Waals surface area (Å²) in [6.07, 6.45) is 5.09. The Hall–Kier alpha value is -3.49. The first-order valence-corrected chi connectivity index (χ1v) is 9.79. The van der Waals surface area contributed by atoms with Crippen molar-refractivity contribution in [2.75, 3.05) is 4.90 Å². The fraction of sp³-hybridized carbons (Fsp3) is 0.381. The van der Waals surface area contributed by atoms with Crippen molar-refractivity contribution in [3.05, 3.63) is 64.0 Å². The van der Waals surface area contributed by atoms with Crippen LogP contribution < -0.4 is 4.90 Å². The van der Waals surface area contributed by atoms with Gasteiger partial charge in [-0.2, -0.15) is 9.61 Å². The number of amides is 1. The minimum atomic E-state index is -0.701. The standard InChI is InChI=1S/C21H23N5O4/c1-21(2,3)30-20(27)24(13-14-5-4-6-16(11-14)26(28)29)18-9-10-22-19-17(15-7-8-15)12-23-25(18)19/h4-6,9-12,15H,7-8,13H2,1-3H3. The van der Waals surface area contributed by atoms with Gasteiger partial charge in [-0.1, -0.05) is 12.1 Å². The first-order valence-electron chi connectivity index (χ1n) is 9.79. The van der Waals surface area contributed by atoms with E-state index in [4.69, 9.17) is 4.74 Å². The zero-order valence-corrected chi connectivity index (χ0v) is 17.1. The Balaban J connectivity index is 1.76. The fourth-order valence-corrected chi connectivity index (χ4v) is 3.29. The molecule has 3 aromatic rings. The normalized spacial score (nSPS) is 14.0. The molecule has 0 atom stereocenters. The van der Waals surface area contributed by atoms with Gasteiger partial charge in [0.25, 0.3) is 5.69 Å². The van der Waals surface area contributed by atoms with Gasteiger partial charge in [0.15, 0.2) is 5.65 Å². The van der Waals surface area contributed by atoms with Crippen LogP contribution in [0, 0.1) is 10.1 Å². The maximum atomic E-state index is 13.1. The van der Waals surface area contributed by atoms with E-state index in [9.17, 15) is 14.9 Å². The molecule has 1 amide bonds. The quantitative estimate of drug-likeness (QED) is 0.455. The highest BCUT2D eigenvalue weighted by Gasteiger charge is 2.30. The fourth-order valence-electron chi connectivity index (χ4n) is 3.29. The SMILES string of the molecule is CC(C)(C)OC(=O)N(Cc1cccc([N+](=O)[O-])c1)c1ccnc2c(C3CC3)cnn12. The molecule has 2 aromatic heterocycles. The van der Waals surface area contributed by atoms with E-state index in [1.807, 2.05) is 0 Å². The molecule has 1 fully saturated rings. The summed E-state index contributed by atoms with van der Waals surface area (Å²) in [6.45, 7) is 5.46. The van der Waals surface area contributed by atoms with Crippen LogP contribution in [-0.2, 0) is 11.3 Å². The van der Waals surface area contributed by atoms with Crippen molar-refractivity contribution in [2.24, 2.45) is 0 Å². The molecule has 1 saturated carbocycles. The number of fused-ring (bicyclic) bond motifs is 1. The van der Waals surface area contributed by atoms with Crippen molar-refractivity contribution in [3.63, 3.8) is 0 Å². The third-order valence-electron chi connectivity index (χ3n) is 4.78. The molecule has 0 saturated heterocycles. The Bertz CT molecular complexity index is 1110. The number of hydrogen-bond acceptors (Lipinski definition) is 6. The predicted octanol–water partition coefficient (Wildman–Crippen LogP) is 4.46. The Morgan fingerprint density at radius 2 is 2.10 bits per heavy atom. The molecule has 4 rings (SSSR count). The van der Waals surface area contributed by atoms with Crippen LogP contribution in [0.1, 0.15) is 50.7 Å². The molecule has 0 radical (unpaired) electrons. The number of hydrogen-bond donors (Lipinski definition) is 0. The molecular weight excluding hydrogens is 386 g/mol. The second-order valence-corrected chi connectivity index (χ2v) is 8.41. The Labute approximate surface area is 173 Å². The largest absolute Gasteiger partial charge is 0.443 e. The van der Waals surface area contributed by atoms with Gasteiger partial charge in [0.2, 0.25) is 0 Å². The number of benzene rings is 1. The van der Waals surface area contributed by atoms with E-state index < -0.39 is 16.6 Å². The molecule has 156 valence electrons.